The van der Waals surface area contributed by atoms with Crippen LogP contribution in [0, 0.1) is 0 Å². The van der Waals surface area contributed by atoms with Crippen LogP contribution in [-0.2, 0) is 11.3 Å². The van der Waals surface area contributed by atoms with Gasteiger partial charge in [0.2, 0.25) is 0 Å². The topological polar surface area (TPSA) is 58.6 Å². The van der Waals surface area contributed by atoms with E-state index >= 15 is 0 Å². The molecule has 2 heterocycles. The molecule has 1 aromatic heterocycles. The minimum absolute atomic E-state index is 0.0413. The zero-order valence-electron chi connectivity index (χ0n) is 17.9. The number of ether oxygens (including phenoxy) is 1. The molecule has 0 aliphatic carbocycles. The van der Waals surface area contributed by atoms with Crippen LogP contribution in [0.4, 0.5) is 0 Å². The maximum absolute atomic E-state index is 13.5. The molecule has 6 heteroatoms. The number of hydrogen-bond donors (Lipinski definition) is 0. The van der Waals surface area contributed by atoms with E-state index in [1.165, 1.54) is 0 Å². The predicted molar refractivity (Wildman–Crippen MR) is 121 cm³/mol. The summed E-state index contributed by atoms with van der Waals surface area (Å²) in [6.45, 7) is 6.74. The minimum atomic E-state index is -0.0516. The number of nitrogens with zero attached hydrogens (tertiary/aromatic N) is 4. The predicted octanol–water partition coefficient (Wildman–Crippen LogP) is 3.51. The number of aromatic nitrogens is 2. The van der Waals surface area contributed by atoms with E-state index < -0.39 is 0 Å². The maximum atomic E-state index is 13.5. The van der Waals surface area contributed by atoms with E-state index in [9.17, 15) is 4.79 Å². The molecule has 0 spiro atoms. The van der Waals surface area contributed by atoms with E-state index in [1.54, 1.807) is 12.4 Å². The van der Waals surface area contributed by atoms with Crippen LogP contribution in [-0.4, -0.2) is 64.6 Å². The number of rotatable bonds is 7. The van der Waals surface area contributed by atoms with Gasteiger partial charge < -0.3 is 9.64 Å². The zero-order valence-corrected chi connectivity index (χ0v) is 17.9. The third kappa shape index (κ3) is 5.54. The van der Waals surface area contributed by atoms with Gasteiger partial charge in [0.15, 0.2) is 5.82 Å². The van der Waals surface area contributed by atoms with Crippen LogP contribution >= 0.6 is 0 Å². The summed E-state index contributed by atoms with van der Waals surface area (Å²) in [5.74, 6) is 0.567. The number of carbonyl (C=O) groups excluding carboxylic acids is 1. The van der Waals surface area contributed by atoms with E-state index in [4.69, 9.17) is 4.74 Å². The second-order valence-electron chi connectivity index (χ2n) is 7.84. The molecule has 1 unspecified atom stereocenters. The highest BCUT2D eigenvalue weighted by atomic mass is 16.5. The van der Waals surface area contributed by atoms with Crippen LogP contribution in [0.15, 0.2) is 73.1 Å². The molecule has 0 radical (unpaired) electrons. The molecule has 31 heavy (non-hydrogen) atoms. The van der Waals surface area contributed by atoms with Crippen molar-refractivity contribution >= 4 is 5.91 Å². The Balaban J connectivity index is 1.53. The van der Waals surface area contributed by atoms with Gasteiger partial charge in [-0.2, -0.15) is 0 Å². The lowest BCUT2D eigenvalue weighted by Crippen LogP contribution is -2.48. The second kappa shape index (κ2) is 10.3. The summed E-state index contributed by atoms with van der Waals surface area (Å²) in [5.41, 5.74) is 2.54. The molecule has 0 N–H and O–H groups in total. The zero-order chi connectivity index (χ0) is 21.5. The third-order valence-electron chi connectivity index (χ3n) is 5.55. The Morgan fingerprint density at radius 1 is 1.00 bits per heavy atom. The summed E-state index contributed by atoms with van der Waals surface area (Å²) in [6.07, 6.45) is 3.27. The smallest absolute Gasteiger partial charge is 0.257 e. The van der Waals surface area contributed by atoms with E-state index in [0.717, 1.165) is 44.0 Å². The van der Waals surface area contributed by atoms with Gasteiger partial charge in [-0.05, 0) is 12.5 Å². The van der Waals surface area contributed by atoms with Crippen molar-refractivity contribution < 1.29 is 9.53 Å². The standard InChI is InChI=1S/C25H28N4O2/c1-20(18-28-12-14-31-15-13-28)29(19-21-8-4-2-5-9-21)25(30)23-16-26-24(27-17-23)22-10-6-3-7-11-22/h2-11,16-17,20H,12-15,18-19H2,1H3. The fraction of sp³-hybridized carbons (Fsp3) is 0.320. The van der Waals surface area contributed by atoms with Crippen molar-refractivity contribution in [2.45, 2.75) is 19.5 Å². The molecule has 4 rings (SSSR count). The lowest BCUT2D eigenvalue weighted by Gasteiger charge is -2.35. The molecule has 2 aromatic carbocycles. The molecule has 6 nitrogen and oxygen atoms in total. The Labute approximate surface area is 183 Å². The first-order valence-corrected chi connectivity index (χ1v) is 10.7. The van der Waals surface area contributed by atoms with Gasteiger partial charge in [0, 0.05) is 50.2 Å². The Hall–Kier alpha value is -3.09. The van der Waals surface area contributed by atoms with Gasteiger partial charge in [0.1, 0.15) is 0 Å². The third-order valence-corrected chi connectivity index (χ3v) is 5.55. The molecular formula is C25H28N4O2. The Morgan fingerprint density at radius 2 is 1.61 bits per heavy atom. The first-order valence-electron chi connectivity index (χ1n) is 10.7. The van der Waals surface area contributed by atoms with Gasteiger partial charge in [0.05, 0.1) is 18.8 Å². The van der Waals surface area contributed by atoms with Gasteiger partial charge in [0.25, 0.3) is 5.91 Å². The Kier molecular flexibility index (Phi) is 7.02. The van der Waals surface area contributed by atoms with Gasteiger partial charge in [-0.25, -0.2) is 9.97 Å². The molecule has 1 fully saturated rings. The Morgan fingerprint density at radius 3 is 2.26 bits per heavy atom. The minimum Gasteiger partial charge on any atom is -0.379 e. The SMILES string of the molecule is CC(CN1CCOCC1)N(Cc1ccccc1)C(=O)c1cnc(-c2ccccc2)nc1. The highest BCUT2D eigenvalue weighted by Crippen LogP contribution is 2.17. The average Bonchev–Trinajstić information content (AvgIpc) is 2.84. The van der Waals surface area contributed by atoms with Crippen molar-refractivity contribution in [1.82, 2.24) is 19.8 Å². The number of amides is 1. The van der Waals surface area contributed by atoms with Crippen LogP contribution in [0.1, 0.15) is 22.8 Å². The lowest BCUT2D eigenvalue weighted by molar-refractivity contribution is 0.0228. The maximum Gasteiger partial charge on any atom is 0.257 e. The monoisotopic (exact) mass is 416 g/mol. The van der Waals surface area contributed by atoms with Crippen LogP contribution in [0.25, 0.3) is 11.4 Å². The van der Waals surface area contributed by atoms with Crippen molar-refractivity contribution in [2.75, 3.05) is 32.8 Å². The molecule has 1 saturated heterocycles. The summed E-state index contributed by atoms with van der Waals surface area (Å²) >= 11 is 0. The van der Waals surface area contributed by atoms with Crippen molar-refractivity contribution in [3.05, 3.63) is 84.2 Å². The number of morpholine rings is 1. The van der Waals surface area contributed by atoms with E-state index in [-0.39, 0.29) is 11.9 Å². The van der Waals surface area contributed by atoms with Crippen molar-refractivity contribution in [3.63, 3.8) is 0 Å². The first kappa shape index (κ1) is 21.2. The van der Waals surface area contributed by atoms with Gasteiger partial charge in [-0.3, -0.25) is 9.69 Å². The summed E-state index contributed by atoms with van der Waals surface area (Å²) in [7, 11) is 0. The quantitative estimate of drug-likeness (QED) is 0.590. The van der Waals surface area contributed by atoms with Crippen molar-refractivity contribution in [2.24, 2.45) is 0 Å². The molecule has 0 saturated carbocycles. The average molecular weight is 417 g/mol. The molecular weight excluding hydrogens is 388 g/mol. The second-order valence-corrected chi connectivity index (χ2v) is 7.84. The summed E-state index contributed by atoms with van der Waals surface area (Å²) in [4.78, 5) is 26.7. The van der Waals surface area contributed by atoms with Crippen molar-refractivity contribution in [1.29, 1.82) is 0 Å². The van der Waals surface area contributed by atoms with E-state index in [2.05, 4.69) is 33.9 Å². The summed E-state index contributed by atoms with van der Waals surface area (Å²) in [6, 6.07) is 19.9. The fourth-order valence-corrected chi connectivity index (χ4v) is 3.80. The normalized spacial score (nSPS) is 15.4. The fourth-order valence-electron chi connectivity index (χ4n) is 3.80. The van der Waals surface area contributed by atoms with Crippen LogP contribution in [0.5, 0.6) is 0 Å². The molecule has 1 aliphatic rings. The molecule has 1 atom stereocenters. The highest BCUT2D eigenvalue weighted by Gasteiger charge is 2.25. The van der Waals surface area contributed by atoms with Crippen LogP contribution < -0.4 is 0 Å². The lowest BCUT2D eigenvalue weighted by atomic mass is 10.1. The molecule has 1 amide bonds. The largest absolute Gasteiger partial charge is 0.379 e. The number of carbonyl (C=O) groups is 1. The molecule has 3 aromatic rings. The Bertz CT molecular complexity index is 958. The van der Waals surface area contributed by atoms with E-state index in [1.807, 2.05) is 53.4 Å². The molecule has 1 aliphatic heterocycles. The van der Waals surface area contributed by atoms with Gasteiger partial charge in [-0.1, -0.05) is 60.7 Å². The van der Waals surface area contributed by atoms with Crippen LogP contribution in [0.2, 0.25) is 0 Å². The summed E-state index contributed by atoms with van der Waals surface area (Å²) in [5, 5.41) is 0. The number of hydrogen-bond acceptors (Lipinski definition) is 5. The van der Waals surface area contributed by atoms with Crippen LogP contribution in [0.3, 0.4) is 0 Å². The number of benzene rings is 2. The first-order chi connectivity index (χ1) is 15.2. The van der Waals surface area contributed by atoms with Gasteiger partial charge >= 0.3 is 0 Å². The highest BCUT2D eigenvalue weighted by molar-refractivity contribution is 5.94. The molecule has 0 bridgehead atoms. The van der Waals surface area contributed by atoms with Crippen molar-refractivity contribution in [3.8, 4) is 11.4 Å². The van der Waals surface area contributed by atoms with Gasteiger partial charge in [-0.15, -0.1) is 0 Å². The summed E-state index contributed by atoms with van der Waals surface area (Å²) < 4.78 is 5.46. The van der Waals surface area contributed by atoms with E-state index in [0.29, 0.717) is 17.9 Å². The molecule has 160 valence electrons.